The van der Waals surface area contributed by atoms with Gasteiger partial charge < -0.3 is 24.6 Å². The molecule has 184 valence electrons. The third kappa shape index (κ3) is 6.17. The fourth-order valence-corrected chi connectivity index (χ4v) is 4.52. The van der Waals surface area contributed by atoms with Crippen LogP contribution in [-0.4, -0.2) is 54.0 Å². The van der Waals surface area contributed by atoms with Crippen molar-refractivity contribution in [3.8, 4) is 5.75 Å². The van der Waals surface area contributed by atoms with Crippen molar-refractivity contribution >= 4 is 17.5 Å². The second kappa shape index (κ2) is 11.5. The third-order valence-corrected chi connectivity index (χ3v) is 6.75. The number of carbonyl (C=O) groups excluding carboxylic acids is 1. The van der Waals surface area contributed by atoms with Crippen molar-refractivity contribution in [2.24, 2.45) is 11.8 Å². The van der Waals surface area contributed by atoms with E-state index in [0.717, 1.165) is 56.8 Å². The molecule has 4 rings (SSSR count). The van der Waals surface area contributed by atoms with E-state index in [9.17, 15) is 4.79 Å². The number of ether oxygens (including phenoxy) is 1. The van der Waals surface area contributed by atoms with E-state index in [1.165, 1.54) is 11.1 Å². The summed E-state index contributed by atoms with van der Waals surface area (Å²) < 4.78 is 11.5. The molecule has 2 aromatic rings. The predicted octanol–water partition coefficient (Wildman–Crippen LogP) is 3.51. The van der Waals surface area contributed by atoms with Gasteiger partial charge in [-0.05, 0) is 61.3 Å². The van der Waals surface area contributed by atoms with Crippen molar-refractivity contribution in [3.63, 3.8) is 0 Å². The SMILES string of the molecule is CC(C)c1noc(N2CCC(COc3ccc(C4=CCC(C(=O)NCC[OH2+])CC4)cc3)CC2)n1. The number of hydrogen-bond donors (Lipinski definition) is 1. The molecular formula is C26H37N4O4+. The van der Waals surface area contributed by atoms with Gasteiger partial charge in [0.2, 0.25) is 5.91 Å². The quantitative estimate of drug-likeness (QED) is 0.564. The Morgan fingerprint density at radius 1 is 1.24 bits per heavy atom. The molecule has 1 atom stereocenters. The highest BCUT2D eigenvalue weighted by atomic mass is 16.5. The average Bonchev–Trinajstić information content (AvgIpc) is 3.38. The van der Waals surface area contributed by atoms with E-state index < -0.39 is 0 Å². The second-order valence-electron chi connectivity index (χ2n) is 9.60. The first-order chi connectivity index (χ1) is 16.5. The van der Waals surface area contributed by atoms with Gasteiger partial charge in [-0.1, -0.05) is 37.2 Å². The number of hydrogen-bond acceptors (Lipinski definition) is 6. The van der Waals surface area contributed by atoms with Crippen molar-refractivity contribution in [3.05, 3.63) is 41.7 Å². The van der Waals surface area contributed by atoms with Gasteiger partial charge in [-0.15, -0.1) is 0 Å². The summed E-state index contributed by atoms with van der Waals surface area (Å²) in [5, 5.41) is 14.1. The molecule has 8 nitrogen and oxygen atoms in total. The molecule has 1 aliphatic carbocycles. The molecule has 34 heavy (non-hydrogen) atoms. The number of piperidine rings is 1. The van der Waals surface area contributed by atoms with Crippen LogP contribution < -0.4 is 15.0 Å². The van der Waals surface area contributed by atoms with Crippen LogP contribution in [0.3, 0.4) is 0 Å². The Bertz CT molecular complexity index is 961. The molecule has 1 amide bonds. The number of rotatable bonds is 9. The summed E-state index contributed by atoms with van der Waals surface area (Å²) in [6, 6.07) is 8.96. The summed E-state index contributed by atoms with van der Waals surface area (Å²) in [6.07, 6.45) is 6.79. The summed E-state index contributed by atoms with van der Waals surface area (Å²) in [4.78, 5) is 18.8. The van der Waals surface area contributed by atoms with Crippen molar-refractivity contribution < 1.29 is 19.2 Å². The van der Waals surface area contributed by atoms with Gasteiger partial charge in [0.05, 0.1) is 13.2 Å². The van der Waals surface area contributed by atoms with E-state index in [0.29, 0.717) is 25.1 Å². The van der Waals surface area contributed by atoms with Crippen LogP contribution in [-0.2, 0) is 4.79 Å². The van der Waals surface area contributed by atoms with Crippen LogP contribution in [0.5, 0.6) is 5.75 Å². The average molecular weight is 470 g/mol. The molecule has 1 aromatic carbocycles. The Labute approximate surface area is 201 Å². The maximum absolute atomic E-state index is 12.1. The number of nitrogens with one attached hydrogen (secondary N) is 1. The largest absolute Gasteiger partial charge is 0.493 e. The van der Waals surface area contributed by atoms with E-state index in [1.54, 1.807) is 0 Å². The highest BCUT2D eigenvalue weighted by molar-refractivity contribution is 5.80. The highest BCUT2D eigenvalue weighted by Gasteiger charge is 2.24. The lowest BCUT2D eigenvalue weighted by molar-refractivity contribution is -0.125. The minimum Gasteiger partial charge on any atom is -0.493 e. The predicted molar refractivity (Wildman–Crippen MR) is 132 cm³/mol. The lowest BCUT2D eigenvalue weighted by Crippen LogP contribution is -2.35. The van der Waals surface area contributed by atoms with Crippen LogP contribution in [0.1, 0.15) is 63.3 Å². The normalized spacial score (nSPS) is 19.2. The molecule has 0 radical (unpaired) electrons. The fraction of sp³-hybridized carbons (Fsp3) is 0.577. The first kappa shape index (κ1) is 24.3. The number of nitrogens with zero attached hydrogens (tertiary/aromatic N) is 3. The molecule has 0 saturated carbocycles. The molecule has 1 saturated heterocycles. The summed E-state index contributed by atoms with van der Waals surface area (Å²) in [5.41, 5.74) is 2.50. The van der Waals surface area contributed by atoms with E-state index in [2.05, 4.69) is 52.4 Å². The Kier molecular flexibility index (Phi) is 8.21. The van der Waals surface area contributed by atoms with Crippen LogP contribution in [0.15, 0.2) is 34.9 Å². The van der Waals surface area contributed by atoms with Crippen molar-refractivity contribution in [1.82, 2.24) is 15.5 Å². The molecular weight excluding hydrogens is 432 g/mol. The Morgan fingerprint density at radius 2 is 2.00 bits per heavy atom. The molecule has 0 spiro atoms. The standard InChI is InChI=1S/C26H36N4O4/c1-18(2)24-28-26(34-29-24)30-14-11-19(12-15-30)17-33-23-9-7-21(8-10-23)20-3-5-22(6-4-20)25(32)27-13-16-31/h3,7-10,18-19,22,31H,4-6,11-17H2,1-2H3,(H,27,32)/p+1. The van der Waals surface area contributed by atoms with E-state index in [1.807, 2.05) is 12.1 Å². The maximum atomic E-state index is 12.1. The van der Waals surface area contributed by atoms with Gasteiger partial charge in [-0.2, -0.15) is 4.98 Å². The highest BCUT2D eigenvalue weighted by Crippen LogP contribution is 2.31. The smallest absolute Gasteiger partial charge is 0.324 e. The first-order valence-corrected chi connectivity index (χ1v) is 12.5. The molecule has 1 fully saturated rings. The van der Waals surface area contributed by atoms with E-state index in [4.69, 9.17) is 14.4 Å². The number of amides is 1. The Balaban J connectivity index is 1.21. The number of aromatic nitrogens is 2. The topological polar surface area (TPSA) is 103 Å². The van der Waals surface area contributed by atoms with Gasteiger partial charge in [-0.3, -0.25) is 4.79 Å². The van der Waals surface area contributed by atoms with E-state index >= 15 is 0 Å². The van der Waals surface area contributed by atoms with Crippen molar-refractivity contribution in [1.29, 1.82) is 0 Å². The number of anilines is 1. The van der Waals surface area contributed by atoms with Crippen LogP contribution >= 0.6 is 0 Å². The summed E-state index contributed by atoms with van der Waals surface area (Å²) in [7, 11) is 0. The Morgan fingerprint density at radius 3 is 2.62 bits per heavy atom. The molecule has 2 aliphatic rings. The molecule has 2 heterocycles. The summed E-state index contributed by atoms with van der Waals surface area (Å²) in [5.74, 6) is 2.55. The van der Waals surface area contributed by atoms with Crippen molar-refractivity contribution in [2.45, 2.75) is 51.9 Å². The monoisotopic (exact) mass is 469 g/mol. The lowest BCUT2D eigenvalue weighted by atomic mass is 9.86. The minimum absolute atomic E-state index is 0.0291. The van der Waals surface area contributed by atoms with Gasteiger partial charge in [0.15, 0.2) is 12.4 Å². The zero-order valence-electron chi connectivity index (χ0n) is 20.3. The third-order valence-electron chi connectivity index (χ3n) is 6.75. The van der Waals surface area contributed by atoms with Gasteiger partial charge in [0, 0.05) is 24.9 Å². The summed E-state index contributed by atoms with van der Waals surface area (Å²) >= 11 is 0. The van der Waals surface area contributed by atoms with Crippen LogP contribution in [0, 0.1) is 11.8 Å². The number of benzene rings is 1. The van der Waals surface area contributed by atoms with Gasteiger partial charge in [0.1, 0.15) is 5.75 Å². The molecule has 1 aromatic heterocycles. The van der Waals surface area contributed by atoms with Crippen molar-refractivity contribution in [2.75, 3.05) is 37.7 Å². The molecule has 8 heteroatoms. The maximum Gasteiger partial charge on any atom is 0.324 e. The van der Waals surface area contributed by atoms with Crippen LogP contribution in [0.2, 0.25) is 0 Å². The Hall–Kier alpha value is -2.87. The number of carbonyl (C=O) groups is 1. The molecule has 0 bridgehead atoms. The molecule has 1 unspecified atom stereocenters. The first-order valence-electron chi connectivity index (χ1n) is 12.5. The molecule has 1 aliphatic heterocycles. The zero-order chi connectivity index (χ0) is 23.9. The van der Waals surface area contributed by atoms with Crippen LogP contribution in [0.25, 0.3) is 5.57 Å². The van der Waals surface area contributed by atoms with Gasteiger partial charge >= 0.3 is 6.01 Å². The van der Waals surface area contributed by atoms with Gasteiger partial charge in [0.25, 0.3) is 0 Å². The summed E-state index contributed by atoms with van der Waals surface area (Å²) in [6.45, 7) is 7.32. The fourth-order valence-electron chi connectivity index (χ4n) is 4.52. The van der Waals surface area contributed by atoms with Gasteiger partial charge in [-0.25, -0.2) is 0 Å². The van der Waals surface area contributed by atoms with E-state index in [-0.39, 0.29) is 24.3 Å². The van der Waals surface area contributed by atoms with Crippen LogP contribution in [0.4, 0.5) is 6.01 Å². The minimum atomic E-state index is 0.0291. The molecule has 3 N–H and O–H groups in total. The zero-order valence-corrected chi connectivity index (χ0v) is 20.3. The lowest BCUT2D eigenvalue weighted by Gasteiger charge is -2.30. The second-order valence-corrected chi connectivity index (χ2v) is 9.60. The number of allylic oxidation sites excluding steroid dienone is 2.